The van der Waals surface area contributed by atoms with Gasteiger partial charge in [0.25, 0.3) is 0 Å². The fourth-order valence-electron chi connectivity index (χ4n) is 3.60. The van der Waals surface area contributed by atoms with Crippen molar-refractivity contribution in [2.24, 2.45) is 0 Å². The Morgan fingerprint density at radius 2 is 1.81 bits per heavy atom. The van der Waals surface area contributed by atoms with E-state index < -0.39 is 0 Å². The quantitative estimate of drug-likeness (QED) is 0.829. The number of benzene rings is 2. The minimum absolute atomic E-state index is 0.0629. The summed E-state index contributed by atoms with van der Waals surface area (Å²) in [6, 6.07) is 16.4. The van der Waals surface area contributed by atoms with Gasteiger partial charge in [0.1, 0.15) is 5.75 Å². The van der Waals surface area contributed by atoms with E-state index >= 15 is 0 Å². The van der Waals surface area contributed by atoms with Gasteiger partial charge in [-0.2, -0.15) is 0 Å². The Balaban J connectivity index is 1.67. The third-order valence-corrected chi connectivity index (χ3v) is 5.06. The number of ether oxygens (including phenoxy) is 1. The van der Waals surface area contributed by atoms with E-state index in [1.54, 1.807) is 7.11 Å². The van der Waals surface area contributed by atoms with Crippen molar-refractivity contribution in [3.8, 4) is 5.75 Å². The van der Waals surface area contributed by atoms with Crippen LogP contribution in [-0.2, 0) is 11.2 Å². The van der Waals surface area contributed by atoms with E-state index in [0.29, 0.717) is 13.0 Å². The van der Waals surface area contributed by atoms with Gasteiger partial charge >= 0.3 is 0 Å². The van der Waals surface area contributed by atoms with Gasteiger partial charge in [0.2, 0.25) is 5.91 Å². The molecule has 1 fully saturated rings. The van der Waals surface area contributed by atoms with Crippen LogP contribution in [0.3, 0.4) is 0 Å². The third-order valence-electron chi connectivity index (χ3n) is 5.06. The average molecular weight is 352 g/mol. The first-order valence-corrected chi connectivity index (χ1v) is 9.36. The maximum absolute atomic E-state index is 12.4. The Morgan fingerprint density at radius 1 is 1.12 bits per heavy atom. The van der Waals surface area contributed by atoms with Gasteiger partial charge in [0, 0.05) is 12.1 Å². The maximum atomic E-state index is 12.4. The third kappa shape index (κ3) is 4.64. The summed E-state index contributed by atoms with van der Waals surface area (Å²) in [5, 5.41) is 3.14. The molecule has 1 atom stereocenters. The molecule has 0 aromatic heterocycles. The molecule has 1 aliphatic heterocycles. The zero-order valence-corrected chi connectivity index (χ0v) is 15.7. The number of hydrogen-bond acceptors (Lipinski definition) is 3. The smallest absolute Gasteiger partial charge is 0.224 e. The molecule has 0 aliphatic carbocycles. The lowest BCUT2D eigenvalue weighted by molar-refractivity contribution is -0.120. The SMILES string of the molecule is COc1ccccc1C(CNC(=O)Cc1ccc(C)cc1)N1CCCC1. The molecule has 1 heterocycles. The maximum Gasteiger partial charge on any atom is 0.224 e. The topological polar surface area (TPSA) is 41.6 Å². The Morgan fingerprint density at radius 3 is 2.50 bits per heavy atom. The number of hydrogen-bond donors (Lipinski definition) is 1. The zero-order valence-electron chi connectivity index (χ0n) is 15.7. The molecule has 4 nitrogen and oxygen atoms in total. The van der Waals surface area contributed by atoms with Crippen molar-refractivity contribution in [3.05, 3.63) is 65.2 Å². The Hall–Kier alpha value is -2.33. The highest BCUT2D eigenvalue weighted by molar-refractivity contribution is 5.78. The lowest BCUT2D eigenvalue weighted by Gasteiger charge is -2.29. The van der Waals surface area contributed by atoms with Gasteiger partial charge in [0.05, 0.1) is 19.6 Å². The van der Waals surface area contributed by atoms with Crippen molar-refractivity contribution in [2.75, 3.05) is 26.7 Å². The normalized spacial score (nSPS) is 15.6. The number of nitrogens with zero attached hydrogens (tertiary/aromatic N) is 1. The van der Waals surface area contributed by atoms with Gasteiger partial charge in [-0.1, -0.05) is 48.0 Å². The fraction of sp³-hybridized carbons (Fsp3) is 0.409. The summed E-state index contributed by atoms with van der Waals surface area (Å²) >= 11 is 0. The van der Waals surface area contributed by atoms with E-state index in [2.05, 4.69) is 23.2 Å². The number of amides is 1. The van der Waals surface area contributed by atoms with E-state index in [1.807, 2.05) is 42.5 Å². The summed E-state index contributed by atoms with van der Waals surface area (Å²) in [5.74, 6) is 0.949. The average Bonchev–Trinajstić information content (AvgIpc) is 3.18. The molecule has 0 saturated carbocycles. The van der Waals surface area contributed by atoms with Gasteiger partial charge in [-0.25, -0.2) is 0 Å². The van der Waals surface area contributed by atoms with Crippen molar-refractivity contribution in [3.63, 3.8) is 0 Å². The Bertz CT molecular complexity index is 721. The second kappa shape index (κ2) is 8.86. The van der Waals surface area contributed by atoms with E-state index in [1.165, 1.54) is 18.4 Å². The minimum atomic E-state index is 0.0629. The number of para-hydroxylation sites is 1. The zero-order chi connectivity index (χ0) is 18.4. The number of rotatable bonds is 7. The van der Waals surface area contributed by atoms with Gasteiger partial charge in [-0.15, -0.1) is 0 Å². The van der Waals surface area contributed by atoms with Crippen LogP contribution in [0.1, 0.15) is 35.6 Å². The predicted octanol–water partition coefficient (Wildman–Crippen LogP) is 3.50. The molecule has 1 N–H and O–H groups in total. The van der Waals surface area contributed by atoms with Gasteiger partial charge in [-0.05, 0) is 44.5 Å². The molecule has 26 heavy (non-hydrogen) atoms. The first-order chi connectivity index (χ1) is 12.7. The first-order valence-electron chi connectivity index (χ1n) is 9.36. The molecule has 0 radical (unpaired) electrons. The van der Waals surface area contributed by atoms with Crippen LogP contribution in [0.2, 0.25) is 0 Å². The number of likely N-dealkylation sites (tertiary alicyclic amines) is 1. The van der Waals surface area contributed by atoms with Crippen molar-refractivity contribution < 1.29 is 9.53 Å². The first kappa shape index (κ1) is 18.5. The summed E-state index contributed by atoms with van der Waals surface area (Å²) in [6.45, 7) is 4.79. The highest BCUT2D eigenvalue weighted by Crippen LogP contribution is 2.31. The van der Waals surface area contributed by atoms with Crippen molar-refractivity contribution >= 4 is 5.91 Å². The summed E-state index contributed by atoms with van der Waals surface area (Å²) < 4.78 is 5.56. The van der Waals surface area contributed by atoms with E-state index in [-0.39, 0.29) is 11.9 Å². The molecule has 1 amide bonds. The molecule has 2 aromatic rings. The second-order valence-electron chi connectivity index (χ2n) is 6.97. The highest BCUT2D eigenvalue weighted by Gasteiger charge is 2.26. The monoisotopic (exact) mass is 352 g/mol. The summed E-state index contributed by atoms with van der Waals surface area (Å²) in [5.41, 5.74) is 3.40. The summed E-state index contributed by atoms with van der Waals surface area (Å²) in [6.07, 6.45) is 2.84. The second-order valence-corrected chi connectivity index (χ2v) is 6.97. The molecule has 138 valence electrons. The van der Waals surface area contributed by atoms with Crippen molar-refractivity contribution in [1.82, 2.24) is 10.2 Å². The number of aryl methyl sites for hydroxylation is 1. The van der Waals surface area contributed by atoms with Crippen LogP contribution in [0.4, 0.5) is 0 Å². The predicted molar refractivity (Wildman–Crippen MR) is 104 cm³/mol. The van der Waals surface area contributed by atoms with Crippen LogP contribution in [-0.4, -0.2) is 37.6 Å². The Labute approximate surface area is 156 Å². The minimum Gasteiger partial charge on any atom is -0.496 e. The Kier molecular flexibility index (Phi) is 6.29. The molecule has 0 spiro atoms. The molecule has 1 saturated heterocycles. The van der Waals surface area contributed by atoms with E-state index in [0.717, 1.165) is 30.0 Å². The molecule has 2 aromatic carbocycles. The van der Waals surface area contributed by atoms with Crippen LogP contribution in [0.5, 0.6) is 5.75 Å². The molecular formula is C22H28N2O2. The summed E-state index contributed by atoms with van der Waals surface area (Å²) in [7, 11) is 1.70. The van der Waals surface area contributed by atoms with Crippen LogP contribution in [0.15, 0.2) is 48.5 Å². The molecule has 1 aliphatic rings. The largest absolute Gasteiger partial charge is 0.496 e. The molecule has 1 unspecified atom stereocenters. The van der Waals surface area contributed by atoms with Crippen molar-refractivity contribution in [1.29, 1.82) is 0 Å². The van der Waals surface area contributed by atoms with Crippen LogP contribution in [0.25, 0.3) is 0 Å². The van der Waals surface area contributed by atoms with E-state index in [9.17, 15) is 4.79 Å². The molecule has 4 heteroatoms. The van der Waals surface area contributed by atoms with Crippen LogP contribution < -0.4 is 10.1 Å². The van der Waals surface area contributed by atoms with Gasteiger partial charge in [0.15, 0.2) is 0 Å². The molecule has 3 rings (SSSR count). The number of carbonyl (C=O) groups excluding carboxylic acids is 1. The van der Waals surface area contributed by atoms with Crippen LogP contribution >= 0.6 is 0 Å². The highest BCUT2D eigenvalue weighted by atomic mass is 16.5. The van der Waals surface area contributed by atoms with Gasteiger partial charge < -0.3 is 10.1 Å². The molecular weight excluding hydrogens is 324 g/mol. The standard InChI is InChI=1S/C22H28N2O2/c1-17-9-11-18(12-10-17)15-22(25)23-16-20(24-13-5-6-14-24)19-7-3-4-8-21(19)26-2/h3-4,7-12,20H,5-6,13-16H2,1-2H3,(H,23,25). The van der Waals surface area contributed by atoms with E-state index in [4.69, 9.17) is 4.74 Å². The number of methoxy groups -OCH3 is 1. The lowest BCUT2D eigenvalue weighted by Crippen LogP contribution is -2.37. The van der Waals surface area contributed by atoms with Gasteiger partial charge in [-0.3, -0.25) is 9.69 Å². The molecule has 0 bridgehead atoms. The van der Waals surface area contributed by atoms with Crippen molar-refractivity contribution in [2.45, 2.75) is 32.2 Å². The fourth-order valence-corrected chi connectivity index (χ4v) is 3.60. The number of nitrogens with one attached hydrogen (secondary N) is 1. The summed E-state index contributed by atoms with van der Waals surface area (Å²) in [4.78, 5) is 14.9. The number of carbonyl (C=O) groups is 1. The van der Waals surface area contributed by atoms with Crippen LogP contribution in [0, 0.1) is 6.92 Å². The lowest BCUT2D eigenvalue weighted by atomic mass is 10.0.